The summed E-state index contributed by atoms with van der Waals surface area (Å²) in [5.41, 5.74) is 0.722. The number of halogens is 1. The van der Waals surface area contributed by atoms with Crippen LogP contribution < -0.4 is 4.74 Å². The van der Waals surface area contributed by atoms with Crippen LogP contribution in [0.1, 0.15) is 12.5 Å². The van der Waals surface area contributed by atoms with E-state index in [1.165, 1.54) is 6.07 Å². The van der Waals surface area contributed by atoms with Gasteiger partial charge in [-0.2, -0.15) is 0 Å². The average molecular weight is 152 g/mol. The van der Waals surface area contributed by atoms with E-state index in [1.807, 2.05) is 13.0 Å². The second-order valence-corrected chi connectivity index (χ2v) is 2.85. The molecule has 1 nitrogen and oxygen atoms in total. The normalized spacial score (nSPS) is 21.1. The van der Waals surface area contributed by atoms with E-state index in [0.29, 0.717) is 12.2 Å². The van der Waals surface area contributed by atoms with Crippen LogP contribution in [0.15, 0.2) is 18.2 Å². The fourth-order valence-electron chi connectivity index (χ4n) is 1.39. The van der Waals surface area contributed by atoms with E-state index in [-0.39, 0.29) is 11.9 Å². The minimum absolute atomic E-state index is 0.127. The Balaban J connectivity index is 2.49. The van der Waals surface area contributed by atoms with Crippen molar-refractivity contribution in [2.24, 2.45) is 0 Å². The van der Waals surface area contributed by atoms with Crippen molar-refractivity contribution in [3.8, 4) is 5.75 Å². The molecular formula is C9H9FO. The summed E-state index contributed by atoms with van der Waals surface area (Å²) in [5.74, 6) is 0.560. The van der Waals surface area contributed by atoms with E-state index >= 15 is 0 Å². The highest BCUT2D eigenvalue weighted by Gasteiger charge is 2.21. The Morgan fingerprint density at radius 2 is 2.36 bits per heavy atom. The Kier molecular flexibility index (Phi) is 1.34. The zero-order chi connectivity index (χ0) is 7.84. The van der Waals surface area contributed by atoms with Gasteiger partial charge in [0.25, 0.3) is 0 Å². The number of hydrogen-bond donors (Lipinski definition) is 0. The topological polar surface area (TPSA) is 9.23 Å². The first-order valence-electron chi connectivity index (χ1n) is 3.71. The molecule has 0 radical (unpaired) electrons. The fourth-order valence-corrected chi connectivity index (χ4v) is 1.39. The second-order valence-electron chi connectivity index (χ2n) is 2.85. The van der Waals surface area contributed by atoms with Crippen LogP contribution in [0.25, 0.3) is 0 Å². The molecule has 1 aromatic rings. The van der Waals surface area contributed by atoms with E-state index in [1.54, 1.807) is 6.07 Å². The monoisotopic (exact) mass is 152 g/mol. The summed E-state index contributed by atoms with van der Waals surface area (Å²) >= 11 is 0. The first kappa shape index (κ1) is 6.65. The van der Waals surface area contributed by atoms with Gasteiger partial charge in [0.05, 0.1) is 0 Å². The maximum atomic E-state index is 13.0. The molecule has 0 spiro atoms. The summed E-state index contributed by atoms with van der Waals surface area (Å²) in [5, 5.41) is 0. The van der Waals surface area contributed by atoms with E-state index < -0.39 is 0 Å². The van der Waals surface area contributed by atoms with Crippen molar-refractivity contribution in [1.29, 1.82) is 0 Å². The summed E-state index contributed by atoms with van der Waals surface area (Å²) in [4.78, 5) is 0. The molecule has 0 saturated carbocycles. The van der Waals surface area contributed by atoms with Gasteiger partial charge in [-0.1, -0.05) is 6.07 Å². The second kappa shape index (κ2) is 2.22. The summed E-state index contributed by atoms with van der Waals surface area (Å²) in [6, 6.07) is 4.95. The molecule has 0 N–H and O–H groups in total. The van der Waals surface area contributed by atoms with Crippen LogP contribution in [0.5, 0.6) is 5.75 Å². The molecule has 1 aliphatic rings. The Morgan fingerprint density at radius 1 is 1.55 bits per heavy atom. The van der Waals surface area contributed by atoms with Crippen molar-refractivity contribution in [3.63, 3.8) is 0 Å². The Bertz CT molecular complexity index is 283. The van der Waals surface area contributed by atoms with Gasteiger partial charge in [0, 0.05) is 12.0 Å². The van der Waals surface area contributed by atoms with Crippen LogP contribution in [0.2, 0.25) is 0 Å². The van der Waals surface area contributed by atoms with E-state index in [0.717, 1.165) is 5.56 Å². The fraction of sp³-hybridized carbons (Fsp3) is 0.333. The van der Waals surface area contributed by atoms with Crippen molar-refractivity contribution >= 4 is 0 Å². The lowest BCUT2D eigenvalue weighted by Gasteiger charge is -2.00. The number of hydrogen-bond acceptors (Lipinski definition) is 1. The average Bonchev–Trinajstić information content (AvgIpc) is 2.31. The SMILES string of the molecule is CC1Cc2c(F)cccc2O1. The third-order valence-electron chi connectivity index (χ3n) is 1.90. The van der Waals surface area contributed by atoms with Gasteiger partial charge in [-0.3, -0.25) is 0 Å². The summed E-state index contributed by atoms with van der Waals surface area (Å²) in [6.07, 6.45) is 0.823. The Labute approximate surface area is 64.8 Å². The van der Waals surface area contributed by atoms with Crippen LogP contribution in [0, 0.1) is 5.82 Å². The van der Waals surface area contributed by atoms with Crippen LogP contribution >= 0.6 is 0 Å². The molecule has 1 unspecified atom stereocenters. The van der Waals surface area contributed by atoms with Gasteiger partial charge in [-0.25, -0.2) is 4.39 Å². The molecule has 2 heteroatoms. The summed E-state index contributed by atoms with van der Waals surface area (Å²) in [6.45, 7) is 1.94. The van der Waals surface area contributed by atoms with Gasteiger partial charge in [-0.15, -0.1) is 0 Å². The maximum Gasteiger partial charge on any atom is 0.130 e. The highest BCUT2D eigenvalue weighted by Crippen LogP contribution is 2.30. The van der Waals surface area contributed by atoms with Crippen LogP contribution in [0.4, 0.5) is 4.39 Å². The van der Waals surface area contributed by atoms with E-state index in [4.69, 9.17) is 4.74 Å². The van der Waals surface area contributed by atoms with Gasteiger partial charge >= 0.3 is 0 Å². The molecule has 1 heterocycles. The largest absolute Gasteiger partial charge is 0.490 e. The highest BCUT2D eigenvalue weighted by molar-refractivity contribution is 5.38. The minimum Gasteiger partial charge on any atom is -0.490 e. The smallest absolute Gasteiger partial charge is 0.130 e. The van der Waals surface area contributed by atoms with Gasteiger partial charge in [0.2, 0.25) is 0 Å². The van der Waals surface area contributed by atoms with Gasteiger partial charge in [-0.05, 0) is 19.1 Å². The molecule has 1 atom stereocenters. The Hall–Kier alpha value is -1.05. The lowest BCUT2D eigenvalue weighted by Crippen LogP contribution is -2.05. The predicted octanol–water partition coefficient (Wildman–Crippen LogP) is 2.15. The van der Waals surface area contributed by atoms with Crippen molar-refractivity contribution in [1.82, 2.24) is 0 Å². The third-order valence-corrected chi connectivity index (χ3v) is 1.90. The molecule has 1 aromatic carbocycles. The molecule has 0 aromatic heterocycles. The lowest BCUT2D eigenvalue weighted by atomic mass is 10.1. The molecule has 0 fully saturated rings. The van der Waals surface area contributed by atoms with Crippen molar-refractivity contribution in [2.75, 3.05) is 0 Å². The Morgan fingerprint density at radius 3 is 3.09 bits per heavy atom. The van der Waals surface area contributed by atoms with E-state index in [9.17, 15) is 4.39 Å². The molecule has 11 heavy (non-hydrogen) atoms. The molecule has 0 saturated heterocycles. The van der Waals surface area contributed by atoms with Gasteiger partial charge in [0.15, 0.2) is 0 Å². The standard InChI is InChI=1S/C9H9FO/c1-6-5-7-8(10)3-2-4-9(7)11-6/h2-4,6H,5H2,1H3. The zero-order valence-electron chi connectivity index (χ0n) is 6.30. The third kappa shape index (κ3) is 0.985. The van der Waals surface area contributed by atoms with E-state index in [2.05, 4.69) is 0 Å². The summed E-state index contributed by atoms with van der Waals surface area (Å²) in [7, 11) is 0. The van der Waals surface area contributed by atoms with Crippen molar-refractivity contribution in [3.05, 3.63) is 29.6 Å². The molecule has 0 bridgehead atoms. The molecule has 2 rings (SSSR count). The van der Waals surface area contributed by atoms with Gasteiger partial charge < -0.3 is 4.74 Å². The molecule has 0 aliphatic carbocycles. The lowest BCUT2D eigenvalue weighted by molar-refractivity contribution is 0.254. The molecule has 0 amide bonds. The quantitative estimate of drug-likeness (QED) is 0.553. The summed E-state index contributed by atoms with van der Waals surface area (Å²) < 4.78 is 18.3. The van der Waals surface area contributed by atoms with Crippen molar-refractivity contribution in [2.45, 2.75) is 19.4 Å². The highest BCUT2D eigenvalue weighted by atomic mass is 19.1. The predicted molar refractivity (Wildman–Crippen MR) is 40.2 cm³/mol. The number of rotatable bonds is 0. The first-order chi connectivity index (χ1) is 5.27. The first-order valence-corrected chi connectivity index (χ1v) is 3.71. The van der Waals surface area contributed by atoms with Crippen LogP contribution in [-0.4, -0.2) is 6.10 Å². The van der Waals surface area contributed by atoms with Crippen molar-refractivity contribution < 1.29 is 9.13 Å². The molecule has 58 valence electrons. The number of fused-ring (bicyclic) bond motifs is 1. The van der Waals surface area contributed by atoms with Gasteiger partial charge in [0.1, 0.15) is 17.7 Å². The number of benzene rings is 1. The van der Waals surface area contributed by atoms with Crippen LogP contribution in [-0.2, 0) is 6.42 Å². The zero-order valence-corrected chi connectivity index (χ0v) is 6.30. The van der Waals surface area contributed by atoms with Crippen LogP contribution in [0.3, 0.4) is 0 Å². The number of ether oxygens (including phenoxy) is 1. The molecule has 1 aliphatic heterocycles. The minimum atomic E-state index is -0.146. The molecular weight excluding hydrogens is 143 g/mol. The maximum absolute atomic E-state index is 13.0.